The molecule has 2 heterocycles. The predicted octanol–water partition coefficient (Wildman–Crippen LogP) is 3.21. The molecule has 0 unspecified atom stereocenters. The third-order valence-corrected chi connectivity index (χ3v) is 4.09. The van der Waals surface area contributed by atoms with E-state index in [2.05, 4.69) is 49.5 Å². The summed E-state index contributed by atoms with van der Waals surface area (Å²) in [6, 6.07) is 4.88. The van der Waals surface area contributed by atoms with Gasteiger partial charge in [-0.3, -0.25) is 4.68 Å². The zero-order valence-corrected chi connectivity index (χ0v) is 12.3. The summed E-state index contributed by atoms with van der Waals surface area (Å²) in [4.78, 5) is 2.69. The molecule has 18 heavy (non-hydrogen) atoms. The van der Waals surface area contributed by atoms with Crippen molar-refractivity contribution >= 4 is 11.3 Å². The van der Waals surface area contributed by atoms with Crippen LogP contribution in [0, 0.1) is 0 Å². The Kier molecular flexibility index (Phi) is 4.19. The quantitative estimate of drug-likeness (QED) is 0.897. The lowest BCUT2D eigenvalue weighted by atomic mass is 10.2. The Labute approximate surface area is 113 Å². The zero-order chi connectivity index (χ0) is 13.1. The largest absolute Gasteiger partial charge is 0.310 e. The van der Waals surface area contributed by atoms with Crippen molar-refractivity contribution in [2.45, 2.75) is 39.8 Å². The van der Waals surface area contributed by atoms with E-state index in [0.29, 0.717) is 6.04 Å². The van der Waals surface area contributed by atoms with E-state index in [0.717, 1.165) is 18.7 Å². The first-order valence-electron chi connectivity index (χ1n) is 6.45. The van der Waals surface area contributed by atoms with Gasteiger partial charge in [-0.25, -0.2) is 0 Å². The first-order valence-corrected chi connectivity index (χ1v) is 7.26. The lowest BCUT2D eigenvalue weighted by Gasteiger charge is -2.07. The number of aromatic nitrogens is 2. The fraction of sp³-hybridized carbons (Fsp3) is 0.500. The minimum Gasteiger partial charge on any atom is -0.310 e. The second-order valence-corrected chi connectivity index (χ2v) is 6.00. The predicted molar refractivity (Wildman–Crippen MR) is 77.9 cm³/mol. The van der Waals surface area contributed by atoms with Crippen LogP contribution in [0.2, 0.25) is 0 Å². The van der Waals surface area contributed by atoms with Crippen LogP contribution in [0.25, 0.3) is 10.6 Å². The Morgan fingerprint density at radius 1 is 1.39 bits per heavy atom. The maximum absolute atomic E-state index is 4.59. The fourth-order valence-electron chi connectivity index (χ4n) is 1.88. The van der Waals surface area contributed by atoms with E-state index in [4.69, 9.17) is 0 Å². The van der Waals surface area contributed by atoms with E-state index in [-0.39, 0.29) is 0 Å². The molecule has 0 saturated carbocycles. The van der Waals surface area contributed by atoms with Crippen LogP contribution in [-0.2, 0) is 20.0 Å². The average molecular weight is 263 g/mol. The monoisotopic (exact) mass is 263 g/mol. The third kappa shape index (κ3) is 3.00. The molecule has 0 saturated heterocycles. The van der Waals surface area contributed by atoms with Gasteiger partial charge < -0.3 is 5.32 Å². The minimum absolute atomic E-state index is 0.493. The summed E-state index contributed by atoms with van der Waals surface area (Å²) < 4.78 is 1.90. The smallest absolute Gasteiger partial charge is 0.107 e. The number of hydrogen-bond acceptors (Lipinski definition) is 3. The Balaban J connectivity index is 2.26. The molecule has 2 aromatic heterocycles. The van der Waals surface area contributed by atoms with Crippen LogP contribution in [0.15, 0.2) is 18.3 Å². The number of nitrogens with one attached hydrogen (secondary N) is 1. The van der Waals surface area contributed by atoms with Gasteiger partial charge in [-0.2, -0.15) is 5.10 Å². The van der Waals surface area contributed by atoms with Crippen LogP contribution < -0.4 is 5.32 Å². The Morgan fingerprint density at radius 2 is 2.17 bits per heavy atom. The maximum Gasteiger partial charge on any atom is 0.107 e. The molecule has 2 aromatic rings. The fourth-order valence-corrected chi connectivity index (χ4v) is 2.85. The van der Waals surface area contributed by atoms with E-state index in [1.54, 1.807) is 0 Å². The van der Waals surface area contributed by atoms with E-state index in [1.807, 2.05) is 23.1 Å². The molecular weight excluding hydrogens is 242 g/mol. The molecule has 0 aromatic carbocycles. The van der Waals surface area contributed by atoms with Gasteiger partial charge in [0.2, 0.25) is 0 Å². The lowest BCUT2D eigenvalue weighted by Crippen LogP contribution is -2.21. The van der Waals surface area contributed by atoms with E-state index < -0.39 is 0 Å². The van der Waals surface area contributed by atoms with E-state index in [9.17, 15) is 0 Å². The van der Waals surface area contributed by atoms with Gasteiger partial charge in [-0.1, -0.05) is 20.8 Å². The maximum atomic E-state index is 4.59. The van der Waals surface area contributed by atoms with Gasteiger partial charge in [0.05, 0.1) is 4.88 Å². The Morgan fingerprint density at radius 3 is 2.78 bits per heavy atom. The highest BCUT2D eigenvalue weighted by Gasteiger charge is 2.12. The van der Waals surface area contributed by atoms with Gasteiger partial charge in [-0.05, 0) is 18.6 Å². The topological polar surface area (TPSA) is 29.9 Å². The second-order valence-electron chi connectivity index (χ2n) is 4.83. The van der Waals surface area contributed by atoms with Gasteiger partial charge >= 0.3 is 0 Å². The van der Waals surface area contributed by atoms with Crippen molar-refractivity contribution in [2.24, 2.45) is 7.05 Å². The number of rotatable bonds is 5. The second kappa shape index (κ2) is 5.67. The van der Waals surface area contributed by atoms with E-state index >= 15 is 0 Å². The Bertz CT molecular complexity index is 511. The third-order valence-electron chi connectivity index (χ3n) is 2.85. The zero-order valence-electron chi connectivity index (χ0n) is 11.5. The van der Waals surface area contributed by atoms with Gasteiger partial charge in [-0.15, -0.1) is 11.3 Å². The summed E-state index contributed by atoms with van der Waals surface area (Å²) in [6.45, 7) is 7.39. The number of thiophene rings is 1. The van der Waals surface area contributed by atoms with Crippen LogP contribution >= 0.6 is 11.3 Å². The molecule has 2 rings (SSSR count). The van der Waals surface area contributed by atoms with Crippen LogP contribution in [0.4, 0.5) is 0 Å². The van der Waals surface area contributed by atoms with Crippen LogP contribution in [0.1, 0.15) is 31.2 Å². The summed E-state index contributed by atoms with van der Waals surface area (Å²) in [5.41, 5.74) is 2.39. The summed E-state index contributed by atoms with van der Waals surface area (Å²) in [6.07, 6.45) is 3.20. The van der Waals surface area contributed by atoms with E-state index in [1.165, 1.54) is 15.3 Å². The highest BCUT2D eigenvalue weighted by atomic mass is 32.1. The molecular formula is C14H21N3S. The van der Waals surface area contributed by atoms with Crippen LogP contribution in [-0.4, -0.2) is 15.8 Å². The number of aryl methyl sites for hydroxylation is 2. The minimum atomic E-state index is 0.493. The molecule has 98 valence electrons. The first kappa shape index (κ1) is 13.3. The number of nitrogens with zero attached hydrogens (tertiary/aromatic N) is 2. The van der Waals surface area contributed by atoms with Crippen molar-refractivity contribution in [1.82, 2.24) is 15.1 Å². The van der Waals surface area contributed by atoms with Gasteiger partial charge in [0.25, 0.3) is 0 Å². The van der Waals surface area contributed by atoms with Crippen LogP contribution in [0.5, 0.6) is 0 Å². The first-order chi connectivity index (χ1) is 8.60. The molecule has 0 fully saturated rings. The summed E-state index contributed by atoms with van der Waals surface area (Å²) in [7, 11) is 1.98. The standard InChI is InChI=1S/C14H21N3S/c1-5-12-6-7-13(18-12)14-11(8-15-10(2)3)9-17(4)16-14/h6-7,9-10,15H,5,8H2,1-4H3. The van der Waals surface area contributed by atoms with Gasteiger partial charge in [0, 0.05) is 36.3 Å². The lowest BCUT2D eigenvalue weighted by molar-refractivity contribution is 0.589. The molecule has 4 heteroatoms. The molecule has 0 radical (unpaired) electrons. The molecule has 1 N–H and O–H groups in total. The highest BCUT2D eigenvalue weighted by Crippen LogP contribution is 2.29. The highest BCUT2D eigenvalue weighted by molar-refractivity contribution is 7.15. The molecule has 0 spiro atoms. The molecule has 0 aliphatic heterocycles. The molecule has 3 nitrogen and oxygen atoms in total. The SMILES string of the molecule is CCc1ccc(-c2nn(C)cc2CNC(C)C)s1. The van der Waals surface area contributed by atoms with Crippen molar-refractivity contribution in [3.05, 3.63) is 28.8 Å². The van der Waals surface area contributed by atoms with Crippen molar-refractivity contribution in [1.29, 1.82) is 0 Å². The molecule has 0 atom stereocenters. The van der Waals surface area contributed by atoms with Gasteiger partial charge in [0.15, 0.2) is 0 Å². The number of hydrogen-bond donors (Lipinski definition) is 1. The summed E-state index contributed by atoms with van der Waals surface area (Å²) >= 11 is 1.84. The van der Waals surface area contributed by atoms with Crippen molar-refractivity contribution < 1.29 is 0 Å². The summed E-state index contributed by atoms with van der Waals surface area (Å²) in [5, 5.41) is 8.05. The average Bonchev–Trinajstić information content (AvgIpc) is 2.92. The van der Waals surface area contributed by atoms with Gasteiger partial charge in [0.1, 0.15) is 5.69 Å². The molecule has 0 aliphatic rings. The molecule has 0 amide bonds. The Hall–Kier alpha value is -1.13. The van der Waals surface area contributed by atoms with Crippen molar-refractivity contribution in [2.75, 3.05) is 0 Å². The van der Waals surface area contributed by atoms with Crippen molar-refractivity contribution in [3.8, 4) is 10.6 Å². The normalized spacial score (nSPS) is 11.4. The van der Waals surface area contributed by atoms with Crippen molar-refractivity contribution in [3.63, 3.8) is 0 Å². The molecule has 0 bridgehead atoms. The van der Waals surface area contributed by atoms with Crippen LogP contribution in [0.3, 0.4) is 0 Å². The molecule has 0 aliphatic carbocycles. The summed E-state index contributed by atoms with van der Waals surface area (Å²) in [5.74, 6) is 0.